The first-order valence-electron chi connectivity index (χ1n) is 5.61. The normalized spacial score (nSPS) is 10.6. The first-order chi connectivity index (χ1) is 9.22. The van der Waals surface area contributed by atoms with Crippen molar-refractivity contribution in [2.75, 3.05) is 0 Å². The minimum Gasteiger partial charge on any atom is -0.334 e. The molecule has 0 aliphatic rings. The summed E-state index contributed by atoms with van der Waals surface area (Å²) in [6.07, 6.45) is 3.25. The molecule has 19 heavy (non-hydrogen) atoms. The van der Waals surface area contributed by atoms with Gasteiger partial charge in [-0.3, -0.25) is 0 Å². The number of aromatic nitrogens is 4. The SMILES string of the molecule is Cc1ncc(-c2noc(-c3ccc(F)cc3)n2)cn1. The quantitative estimate of drug-likeness (QED) is 0.705. The molecule has 0 saturated carbocycles. The van der Waals surface area contributed by atoms with Gasteiger partial charge in [0.2, 0.25) is 5.82 Å². The highest BCUT2D eigenvalue weighted by molar-refractivity contribution is 5.58. The Morgan fingerprint density at radius 1 is 1.00 bits per heavy atom. The average molecular weight is 256 g/mol. The summed E-state index contributed by atoms with van der Waals surface area (Å²) in [6.45, 7) is 1.80. The van der Waals surface area contributed by atoms with Gasteiger partial charge in [-0.05, 0) is 31.2 Å². The summed E-state index contributed by atoms with van der Waals surface area (Å²) >= 11 is 0. The Morgan fingerprint density at radius 2 is 1.68 bits per heavy atom. The number of hydrogen-bond acceptors (Lipinski definition) is 5. The highest BCUT2D eigenvalue weighted by Gasteiger charge is 2.11. The molecule has 2 aromatic heterocycles. The van der Waals surface area contributed by atoms with Gasteiger partial charge in [0.1, 0.15) is 11.6 Å². The largest absolute Gasteiger partial charge is 0.334 e. The lowest BCUT2D eigenvalue weighted by Crippen LogP contribution is -1.88. The number of hydrogen-bond donors (Lipinski definition) is 0. The number of nitrogens with zero attached hydrogens (tertiary/aromatic N) is 4. The van der Waals surface area contributed by atoms with Crippen LogP contribution in [0.15, 0.2) is 41.2 Å². The maximum Gasteiger partial charge on any atom is 0.258 e. The van der Waals surface area contributed by atoms with E-state index in [-0.39, 0.29) is 5.82 Å². The van der Waals surface area contributed by atoms with Crippen molar-refractivity contribution >= 4 is 0 Å². The van der Waals surface area contributed by atoms with Crippen LogP contribution in [0.4, 0.5) is 4.39 Å². The van der Waals surface area contributed by atoms with Crippen molar-refractivity contribution in [2.24, 2.45) is 0 Å². The summed E-state index contributed by atoms with van der Waals surface area (Å²) < 4.78 is 18.0. The van der Waals surface area contributed by atoms with Gasteiger partial charge in [-0.2, -0.15) is 4.98 Å². The lowest BCUT2D eigenvalue weighted by molar-refractivity contribution is 0.432. The van der Waals surface area contributed by atoms with E-state index in [9.17, 15) is 4.39 Å². The van der Waals surface area contributed by atoms with Gasteiger partial charge in [0.05, 0.1) is 5.56 Å². The molecule has 0 bridgehead atoms. The van der Waals surface area contributed by atoms with Gasteiger partial charge in [0.25, 0.3) is 5.89 Å². The van der Waals surface area contributed by atoms with Crippen molar-refractivity contribution in [3.8, 4) is 22.8 Å². The average Bonchev–Trinajstić information content (AvgIpc) is 2.90. The maximum absolute atomic E-state index is 12.8. The van der Waals surface area contributed by atoms with Gasteiger partial charge < -0.3 is 4.52 Å². The molecule has 0 spiro atoms. The van der Waals surface area contributed by atoms with E-state index in [4.69, 9.17) is 4.52 Å². The van der Waals surface area contributed by atoms with E-state index in [0.717, 1.165) is 0 Å². The summed E-state index contributed by atoms with van der Waals surface area (Å²) in [6, 6.07) is 5.85. The van der Waals surface area contributed by atoms with Crippen LogP contribution in [0.25, 0.3) is 22.8 Å². The fourth-order valence-corrected chi connectivity index (χ4v) is 1.56. The maximum atomic E-state index is 12.8. The third kappa shape index (κ3) is 2.33. The van der Waals surface area contributed by atoms with Crippen LogP contribution in [-0.4, -0.2) is 20.1 Å². The van der Waals surface area contributed by atoms with Crippen molar-refractivity contribution in [3.63, 3.8) is 0 Å². The highest BCUT2D eigenvalue weighted by Crippen LogP contribution is 2.21. The summed E-state index contributed by atoms with van der Waals surface area (Å²) in [4.78, 5) is 12.4. The molecule has 0 saturated heterocycles. The van der Waals surface area contributed by atoms with Crippen molar-refractivity contribution in [2.45, 2.75) is 6.92 Å². The summed E-state index contributed by atoms with van der Waals surface area (Å²) in [5, 5.41) is 3.86. The molecule has 0 amide bonds. The van der Waals surface area contributed by atoms with Gasteiger partial charge in [-0.25, -0.2) is 14.4 Å². The van der Waals surface area contributed by atoms with Gasteiger partial charge in [0.15, 0.2) is 0 Å². The molecule has 0 aliphatic carbocycles. The van der Waals surface area contributed by atoms with Gasteiger partial charge in [-0.1, -0.05) is 5.16 Å². The summed E-state index contributed by atoms with van der Waals surface area (Å²) in [5.41, 5.74) is 1.33. The second-order valence-electron chi connectivity index (χ2n) is 3.95. The second kappa shape index (κ2) is 4.56. The number of rotatable bonds is 2. The zero-order valence-corrected chi connectivity index (χ0v) is 10.0. The highest BCUT2D eigenvalue weighted by atomic mass is 19.1. The Labute approximate surface area is 108 Å². The predicted molar refractivity (Wildman–Crippen MR) is 65.5 cm³/mol. The number of benzene rings is 1. The number of halogens is 1. The fraction of sp³-hybridized carbons (Fsp3) is 0.0769. The standard InChI is InChI=1S/C13H9FN4O/c1-8-15-6-10(7-16-8)12-17-13(19-18-12)9-2-4-11(14)5-3-9/h2-7H,1H3. The lowest BCUT2D eigenvalue weighted by Gasteiger charge is -1.93. The van der Waals surface area contributed by atoms with Crippen molar-refractivity contribution in [1.29, 1.82) is 0 Å². The molecule has 3 aromatic rings. The van der Waals surface area contributed by atoms with E-state index < -0.39 is 0 Å². The lowest BCUT2D eigenvalue weighted by atomic mass is 10.2. The van der Waals surface area contributed by atoms with Gasteiger partial charge >= 0.3 is 0 Å². The minimum absolute atomic E-state index is 0.310. The van der Waals surface area contributed by atoms with Crippen LogP contribution in [0.1, 0.15) is 5.82 Å². The molecule has 5 nitrogen and oxygen atoms in total. The van der Waals surface area contributed by atoms with E-state index in [1.165, 1.54) is 12.1 Å². The predicted octanol–water partition coefficient (Wildman–Crippen LogP) is 2.64. The zero-order chi connectivity index (χ0) is 13.2. The molecule has 0 fully saturated rings. The van der Waals surface area contributed by atoms with E-state index >= 15 is 0 Å². The molecular weight excluding hydrogens is 247 g/mol. The van der Waals surface area contributed by atoms with Crippen molar-refractivity contribution in [3.05, 3.63) is 48.3 Å². The summed E-state index contributed by atoms with van der Waals surface area (Å²) in [7, 11) is 0. The van der Waals surface area contributed by atoms with Crippen LogP contribution in [0.5, 0.6) is 0 Å². The van der Waals surface area contributed by atoms with Crippen LogP contribution in [-0.2, 0) is 0 Å². The summed E-state index contributed by atoms with van der Waals surface area (Å²) in [5.74, 6) is 1.09. The molecule has 94 valence electrons. The Kier molecular flexibility index (Phi) is 2.75. The van der Waals surface area contributed by atoms with E-state index in [1.807, 2.05) is 0 Å². The second-order valence-corrected chi connectivity index (χ2v) is 3.95. The first kappa shape index (κ1) is 11.5. The molecule has 0 radical (unpaired) electrons. The molecule has 0 aliphatic heterocycles. The van der Waals surface area contributed by atoms with E-state index in [2.05, 4.69) is 20.1 Å². The molecule has 0 unspecified atom stereocenters. The molecule has 6 heteroatoms. The van der Waals surface area contributed by atoms with Crippen LogP contribution in [0, 0.1) is 12.7 Å². The molecule has 2 heterocycles. The third-order valence-corrected chi connectivity index (χ3v) is 2.56. The molecule has 0 N–H and O–H groups in total. The Balaban J connectivity index is 1.95. The van der Waals surface area contributed by atoms with Crippen molar-refractivity contribution in [1.82, 2.24) is 20.1 Å². The first-order valence-corrected chi connectivity index (χ1v) is 5.61. The molecule has 0 atom stereocenters. The number of aryl methyl sites for hydroxylation is 1. The fourth-order valence-electron chi connectivity index (χ4n) is 1.56. The Bertz CT molecular complexity index is 631. The Hall–Kier alpha value is -2.63. The van der Waals surface area contributed by atoms with Crippen molar-refractivity contribution < 1.29 is 8.91 Å². The van der Waals surface area contributed by atoms with Crippen LogP contribution in [0.3, 0.4) is 0 Å². The van der Waals surface area contributed by atoms with Gasteiger partial charge in [0, 0.05) is 18.0 Å². The zero-order valence-electron chi connectivity index (χ0n) is 10.0. The van der Waals surface area contributed by atoms with Crippen LogP contribution < -0.4 is 0 Å². The van der Waals surface area contributed by atoms with Gasteiger partial charge in [-0.15, -0.1) is 0 Å². The monoisotopic (exact) mass is 256 g/mol. The Morgan fingerprint density at radius 3 is 2.37 bits per heavy atom. The minimum atomic E-state index is -0.310. The van der Waals surface area contributed by atoms with E-state index in [0.29, 0.717) is 28.7 Å². The molecule has 3 rings (SSSR count). The smallest absolute Gasteiger partial charge is 0.258 e. The topological polar surface area (TPSA) is 64.7 Å². The molecular formula is C13H9FN4O. The third-order valence-electron chi connectivity index (χ3n) is 2.56. The molecule has 1 aromatic carbocycles. The van der Waals surface area contributed by atoms with Crippen LogP contribution in [0.2, 0.25) is 0 Å². The van der Waals surface area contributed by atoms with Crippen LogP contribution >= 0.6 is 0 Å². The van der Waals surface area contributed by atoms with E-state index in [1.54, 1.807) is 31.5 Å².